The fourth-order valence-corrected chi connectivity index (χ4v) is 3.32. The second-order valence-electron chi connectivity index (χ2n) is 7.47. The standard InChI is InChI=1S/C20H23F3N5O/c1-13(2)10-28-6-5-15(11-28)19(29)25-9-16-7-17(27-12-26-16)14-3-4-18(24-8-14)20(21,22)23/h3-4,7-8,12,15H,5-6,9-11H2,1-2H3,(H,25,29). The summed E-state index contributed by atoms with van der Waals surface area (Å²) in [5.74, 6) is 1.25. The quantitative estimate of drug-likeness (QED) is 0.798. The van der Waals surface area contributed by atoms with E-state index in [0.29, 0.717) is 17.0 Å². The molecular weight excluding hydrogens is 383 g/mol. The third kappa shape index (κ3) is 5.72. The molecule has 0 spiro atoms. The number of likely N-dealkylation sites (tertiary alicyclic amines) is 1. The fourth-order valence-electron chi connectivity index (χ4n) is 3.32. The first-order chi connectivity index (χ1) is 13.7. The summed E-state index contributed by atoms with van der Waals surface area (Å²) in [5.41, 5.74) is 0.525. The lowest BCUT2D eigenvalue weighted by Crippen LogP contribution is -2.33. The molecule has 1 N–H and O–H groups in total. The van der Waals surface area contributed by atoms with Gasteiger partial charge in [-0.05, 0) is 37.1 Å². The molecule has 3 heterocycles. The van der Waals surface area contributed by atoms with Gasteiger partial charge in [0.1, 0.15) is 12.0 Å². The molecule has 1 fully saturated rings. The molecule has 29 heavy (non-hydrogen) atoms. The largest absolute Gasteiger partial charge is 0.433 e. The average molecular weight is 406 g/mol. The van der Waals surface area contributed by atoms with E-state index in [1.165, 1.54) is 18.3 Å². The summed E-state index contributed by atoms with van der Waals surface area (Å²) in [7, 11) is 0. The lowest BCUT2D eigenvalue weighted by molar-refractivity contribution is -0.141. The molecule has 1 aliphatic heterocycles. The molecule has 0 bridgehead atoms. The number of rotatable bonds is 6. The van der Waals surface area contributed by atoms with E-state index >= 15 is 0 Å². The van der Waals surface area contributed by atoms with E-state index in [-0.39, 0.29) is 18.4 Å². The Bertz CT molecular complexity index is 839. The van der Waals surface area contributed by atoms with E-state index in [1.54, 1.807) is 6.07 Å². The van der Waals surface area contributed by atoms with Gasteiger partial charge in [0, 0.05) is 24.8 Å². The van der Waals surface area contributed by atoms with Crippen LogP contribution in [0.25, 0.3) is 11.3 Å². The van der Waals surface area contributed by atoms with E-state index in [9.17, 15) is 18.0 Å². The number of amides is 1. The fraction of sp³-hybridized carbons (Fsp3) is 0.450. The average Bonchev–Trinajstić information content (AvgIpc) is 3.13. The molecule has 0 aliphatic carbocycles. The van der Waals surface area contributed by atoms with Crippen molar-refractivity contribution in [2.45, 2.75) is 33.0 Å². The van der Waals surface area contributed by atoms with Crippen LogP contribution in [0.2, 0.25) is 0 Å². The van der Waals surface area contributed by atoms with Crippen LogP contribution in [0.5, 0.6) is 0 Å². The van der Waals surface area contributed by atoms with Crippen LogP contribution >= 0.6 is 0 Å². The van der Waals surface area contributed by atoms with Gasteiger partial charge in [0.25, 0.3) is 0 Å². The molecule has 1 unspecified atom stereocenters. The Kier molecular flexibility index (Phi) is 6.46. The van der Waals surface area contributed by atoms with Crippen LogP contribution in [0.4, 0.5) is 13.2 Å². The Labute approximate surface area is 167 Å². The third-order valence-electron chi connectivity index (χ3n) is 4.70. The first-order valence-corrected chi connectivity index (χ1v) is 9.36. The molecule has 1 saturated heterocycles. The van der Waals surface area contributed by atoms with Crippen molar-refractivity contribution in [1.82, 2.24) is 25.2 Å². The zero-order valence-corrected chi connectivity index (χ0v) is 16.3. The Balaban J connectivity index is 1.58. The summed E-state index contributed by atoms with van der Waals surface area (Å²) in [6.45, 7) is 6.93. The monoisotopic (exact) mass is 406 g/mol. The number of nitrogens with zero attached hydrogens (tertiary/aromatic N) is 4. The van der Waals surface area contributed by atoms with Gasteiger partial charge >= 0.3 is 6.18 Å². The summed E-state index contributed by atoms with van der Waals surface area (Å²) in [6.07, 6.45) is -1.20. The number of pyridine rings is 1. The summed E-state index contributed by atoms with van der Waals surface area (Å²) in [4.78, 5) is 26.4. The number of hydrogen-bond acceptors (Lipinski definition) is 5. The van der Waals surface area contributed by atoms with Crippen molar-refractivity contribution in [3.05, 3.63) is 48.0 Å². The molecule has 0 aromatic carbocycles. The molecule has 1 amide bonds. The lowest BCUT2D eigenvalue weighted by Gasteiger charge is -2.17. The van der Waals surface area contributed by atoms with Crippen LogP contribution in [0, 0.1) is 11.8 Å². The Morgan fingerprint density at radius 1 is 1.24 bits per heavy atom. The van der Waals surface area contributed by atoms with Crippen molar-refractivity contribution in [3.8, 4) is 11.3 Å². The summed E-state index contributed by atoms with van der Waals surface area (Å²) in [5, 5.41) is 2.90. The number of halogens is 3. The Hall–Kier alpha value is -2.55. The van der Waals surface area contributed by atoms with Gasteiger partial charge in [-0.25, -0.2) is 9.97 Å². The second-order valence-corrected chi connectivity index (χ2v) is 7.47. The van der Waals surface area contributed by atoms with Crippen molar-refractivity contribution < 1.29 is 18.0 Å². The van der Waals surface area contributed by atoms with Gasteiger partial charge < -0.3 is 10.2 Å². The van der Waals surface area contributed by atoms with E-state index in [4.69, 9.17) is 0 Å². The molecule has 9 heteroatoms. The number of carbonyl (C=O) groups is 1. The molecule has 2 aromatic heterocycles. The van der Waals surface area contributed by atoms with Crippen molar-refractivity contribution in [3.63, 3.8) is 0 Å². The first-order valence-electron chi connectivity index (χ1n) is 9.36. The Morgan fingerprint density at radius 2 is 2.03 bits per heavy atom. The summed E-state index contributed by atoms with van der Waals surface area (Å²) in [6, 6.07) is 3.88. The van der Waals surface area contributed by atoms with E-state index in [2.05, 4.69) is 39.0 Å². The molecular formula is C20H23F3N5O. The molecule has 155 valence electrons. The van der Waals surface area contributed by atoms with E-state index in [0.717, 1.165) is 38.3 Å². The van der Waals surface area contributed by atoms with Gasteiger partial charge in [-0.2, -0.15) is 13.2 Å². The van der Waals surface area contributed by atoms with Crippen LogP contribution in [-0.2, 0) is 17.5 Å². The minimum atomic E-state index is -4.48. The zero-order valence-electron chi connectivity index (χ0n) is 16.3. The number of hydrogen-bond donors (Lipinski definition) is 1. The molecule has 1 aliphatic rings. The van der Waals surface area contributed by atoms with Gasteiger partial charge in [-0.3, -0.25) is 9.78 Å². The number of alkyl halides is 3. The molecule has 1 radical (unpaired) electrons. The van der Waals surface area contributed by atoms with Gasteiger partial charge in [0.2, 0.25) is 5.91 Å². The van der Waals surface area contributed by atoms with Crippen LogP contribution in [0.15, 0.2) is 30.7 Å². The maximum Gasteiger partial charge on any atom is 0.433 e. The van der Waals surface area contributed by atoms with Gasteiger partial charge in [0.05, 0.1) is 23.9 Å². The minimum absolute atomic E-state index is 0.0161. The first kappa shape index (κ1) is 21.2. The van der Waals surface area contributed by atoms with Crippen molar-refractivity contribution in [2.24, 2.45) is 5.92 Å². The van der Waals surface area contributed by atoms with Gasteiger partial charge in [-0.15, -0.1) is 0 Å². The van der Waals surface area contributed by atoms with Crippen molar-refractivity contribution in [2.75, 3.05) is 19.6 Å². The molecule has 1 atom stereocenters. The third-order valence-corrected chi connectivity index (χ3v) is 4.70. The number of aromatic nitrogens is 3. The van der Waals surface area contributed by atoms with E-state index < -0.39 is 11.9 Å². The maximum atomic E-state index is 12.6. The molecule has 3 rings (SSSR count). The maximum absolute atomic E-state index is 12.6. The van der Waals surface area contributed by atoms with Crippen LogP contribution < -0.4 is 5.32 Å². The summed E-state index contributed by atoms with van der Waals surface area (Å²) >= 11 is 0. The van der Waals surface area contributed by atoms with Crippen molar-refractivity contribution >= 4 is 5.91 Å². The minimum Gasteiger partial charge on any atom is -0.350 e. The summed E-state index contributed by atoms with van der Waals surface area (Å²) < 4.78 is 37.9. The zero-order chi connectivity index (χ0) is 21.0. The highest BCUT2D eigenvalue weighted by Gasteiger charge is 2.32. The van der Waals surface area contributed by atoms with Crippen LogP contribution in [0.1, 0.15) is 31.7 Å². The molecule has 2 aromatic rings. The number of nitrogens with one attached hydrogen (secondary N) is 1. The van der Waals surface area contributed by atoms with Gasteiger partial charge in [-0.1, -0.05) is 13.8 Å². The normalized spacial score (nSPS) is 17.7. The second kappa shape index (κ2) is 8.86. The number of carbonyl (C=O) groups excluding carboxylic acids is 1. The topological polar surface area (TPSA) is 71.0 Å². The van der Waals surface area contributed by atoms with Gasteiger partial charge in [0.15, 0.2) is 0 Å². The smallest absolute Gasteiger partial charge is 0.350 e. The van der Waals surface area contributed by atoms with Crippen molar-refractivity contribution in [1.29, 1.82) is 0 Å². The predicted molar refractivity (Wildman–Crippen MR) is 101 cm³/mol. The lowest BCUT2D eigenvalue weighted by atomic mass is 10.1. The highest BCUT2D eigenvalue weighted by Crippen LogP contribution is 2.28. The Morgan fingerprint density at radius 3 is 2.69 bits per heavy atom. The predicted octanol–water partition coefficient (Wildman–Crippen LogP) is 3.11. The highest BCUT2D eigenvalue weighted by molar-refractivity contribution is 5.79. The molecule has 0 saturated carbocycles. The SMILES string of the molecule is C[C](C)CN1CCC(C(=O)NCc2cc(-c3ccc(C(F)(F)F)nc3)ncn2)C1. The van der Waals surface area contributed by atoms with Crippen LogP contribution in [0.3, 0.4) is 0 Å². The highest BCUT2D eigenvalue weighted by atomic mass is 19.4. The van der Waals surface area contributed by atoms with Crippen LogP contribution in [-0.4, -0.2) is 45.4 Å². The van der Waals surface area contributed by atoms with E-state index in [1.807, 2.05) is 0 Å². The molecule has 6 nitrogen and oxygen atoms in total.